The second-order valence-electron chi connectivity index (χ2n) is 7.52. The number of carbonyl (C=O) groups is 1. The molecule has 2 aromatic carbocycles. The minimum Gasteiger partial charge on any atom is -0.449 e. The molecule has 0 aliphatic heterocycles. The Bertz CT molecular complexity index is 1570. The number of furan rings is 1. The molecule has 0 fully saturated rings. The largest absolute Gasteiger partial charge is 0.449 e. The van der Waals surface area contributed by atoms with Crippen LogP contribution in [-0.4, -0.2) is 29.4 Å². The zero-order valence-electron chi connectivity index (χ0n) is 17.9. The van der Waals surface area contributed by atoms with Crippen LogP contribution in [0.1, 0.15) is 22.0 Å². The van der Waals surface area contributed by atoms with Gasteiger partial charge in [-0.15, -0.1) is 0 Å². The molecule has 0 saturated heterocycles. The molecule has 0 saturated carbocycles. The number of aryl methyl sites for hydroxylation is 1. The highest BCUT2D eigenvalue weighted by molar-refractivity contribution is 7.91. The van der Waals surface area contributed by atoms with Gasteiger partial charge in [-0.25, -0.2) is 8.42 Å². The first-order valence-corrected chi connectivity index (χ1v) is 11.7. The summed E-state index contributed by atoms with van der Waals surface area (Å²) in [4.78, 5) is 20.8. The molecule has 0 aliphatic carbocycles. The highest BCUT2D eigenvalue weighted by atomic mass is 32.2. The first-order valence-electron chi connectivity index (χ1n) is 10.3. The van der Waals surface area contributed by atoms with Crippen LogP contribution in [0, 0.1) is 6.92 Å². The van der Waals surface area contributed by atoms with E-state index >= 15 is 0 Å². The topological polar surface area (TPSA) is 128 Å². The molecule has 0 radical (unpaired) electrons. The van der Waals surface area contributed by atoms with E-state index in [1.165, 1.54) is 24.3 Å². The maximum absolute atomic E-state index is 13.1. The molecule has 3 aromatic heterocycles. The summed E-state index contributed by atoms with van der Waals surface area (Å²) in [6, 6.07) is 16.1. The van der Waals surface area contributed by atoms with Gasteiger partial charge in [-0.1, -0.05) is 29.4 Å². The van der Waals surface area contributed by atoms with E-state index in [1.807, 2.05) is 0 Å². The Labute approximate surface area is 194 Å². The van der Waals surface area contributed by atoms with E-state index in [2.05, 4.69) is 20.4 Å². The van der Waals surface area contributed by atoms with Crippen molar-refractivity contribution in [2.45, 2.75) is 23.3 Å². The summed E-state index contributed by atoms with van der Waals surface area (Å²) >= 11 is 0. The highest BCUT2D eigenvalue weighted by Gasteiger charge is 2.19. The van der Waals surface area contributed by atoms with Crippen molar-refractivity contribution in [1.29, 1.82) is 0 Å². The van der Waals surface area contributed by atoms with Crippen molar-refractivity contribution < 1.29 is 22.2 Å². The second-order valence-corrected chi connectivity index (χ2v) is 9.47. The zero-order chi connectivity index (χ0) is 23.7. The molecule has 0 unspecified atom stereocenters. The summed E-state index contributed by atoms with van der Waals surface area (Å²) in [5, 5.41) is 7.39. The lowest BCUT2D eigenvalue weighted by Crippen LogP contribution is -2.22. The minimum atomic E-state index is -3.76. The van der Waals surface area contributed by atoms with E-state index in [1.54, 1.807) is 55.7 Å². The van der Waals surface area contributed by atoms with Gasteiger partial charge in [-0.2, -0.15) is 4.98 Å². The third kappa shape index (κ3) is 4.18. The lowest BCUT2D eigenvalue weighted by atomic mass is 10.2. The van der Waals surface area contributed by atoms with Gasteiger partial charge in [0.05, 0.1) is 16.0 Å². The van der Waals surface area contributed by atoms with Crippen LogP contribution in [0.15, 0.2) is 91.8 Å². The van der Waals surface area contributed by atoms with Crippen molar-refractivity contribution >= 4 is 26.7 Å². The predicted octanol–water partition coefficient (Wildman–Crippen LogP) is 3.95. The number of sulfone groups is 1. The molecule has 0 aliphatic rings. The van der Waals surface area contributed by atoms with Gasteiger partial charge < -0.3 is 14.3 Å². The van der Waals surface area contributed by atoms with Gasteiger partial charge in [-0.3, -0.25) is 9.78 Å². The molecule has 0 atom stereocenters. The van der Waals surface area contributed by atoms with Crippen LogP contribution in [0.25, 0.3) is 22.4 Å². The number of hydrogen-bond acceptors (Lipinski definition) is 8. The summed E-state index contributed by atoms with van der Waals surface area (Å²) in [5.74, 6) is 0.518. The van der Waals surface area contributed by atoms with E-state index in [4.69, 9.17) is 8.94 Å². The summed E-state index contributed by atoms with van der Waals surface area (Å²) in [7, 11) is -3.76. The van der Waals surface area contributed by atoms with E-state index in [-0.39, 0.29) is 28.0 Å². The quantitative estimate of drug-likeness (QED) is 0.392. The minimum absolute atomic E-state index is 0.118. The summed E-state index contributed by atoms with van der Waals surface area (Å²) in [6.45, 7) is 1.87. The van der Waals surface area contributed by atoms with Gasteiger partial charge in [0.2, 0.25) is 21.6 Å². The number of hydrogen-bond donors (Lipinski definition) is 1. The number of fused-ring (bicyclic) bond motifs is 1. The monoisotopic (exact) mass is 474 g/mol. The number of nitrogens with one attached hydrogen (secondary N) is 1. The number of benzene rings is 2. The molecule has 0 spiro atoms. The fourth-order valence-corrected chi connectivity index (χ4v) is 4.71. The highest BCUT2D eigenvalue weighted by Crippen LogP contribution is 2.25. The first-order chi connectivity index (χ1) is 16.4. The SMILES string of the molecule is Cc1nc(-c2cccc(S(=O)(=O)c3ccc(CNC(=O)c4cc5ccncc5o4)cc3)c2)no1. The van der Waals surface area contributed by atoms with Crippen LogP contribution >= 0.6 is 0 Å². The number of amides is 1. The summed E-state index contributed by atoms with van der Waals surface area (Å²) in [5.41, 5.74) is 1.81. The zero-order valence-corrected chi connectivity index (χ0v) is 18.7. The van der Waals surface area contributed by atoms with Crippen LogP contribution in [-0.2, 0) is 16.4 Å². The Balaban J connectivity index is 1.30. The molecular formula is C24H18N4O5S. The van der Waals surface area contributed by atoms with Crippen molar-refractivity contribution in [1.82, 2.24) is 20.4 Å². The molecule has 0 bridgehead atoms. The van der Waals surface area contributed by atoms with Gasteiger partial charge in [0, 0.05) is 30.6 Å². The molecular weight excluding hydrogens is 456 g/mol. The standard InChI is InChI=1S/C24H18N4O5S/c1-15-27-23(28-33-15)18-3-2-4-20(11-18)34(30,31)19-7-5-16(6-8-19)13-26-24(29)21-12-17-9-10-25-14-22(17)32-21/h2-12,14H,13H2,1H3,(H,26,29). The fraction of sp³-hybridized carbons (Fsp3) is 0.0833. The number of nitrogens with zero attached hydrogens (tertiary/aromatic N) is 3. The van der Waals surface area contributed by atoms with E-state index in [9.17, 15) is 13.2 Å². The predicted molar refractivity (Wildman–Crippen MR) is 122 cm³/mol. The number of pyridine rings is 1. The molecule has 3 heterocycles. The third-order valence-corrected chi connectivity index (χ3v) is 6.93. The van der Waals surface area contributed by atoms with Crippen molar-refractivity contribution in [2.75, 3.05) is 0 Å². The average molecular weight is 474 g/mol. The second kappa shape index (κ2) is 8.56. The van der Waals surface area contributed by atoms with Crippen molar-refractivity contribution in [3.63, 3.8) is 0 Å². The molecule has 1 amide bonds. The summed E-state index contributed by atoms with van der Waals surface area (Å²) < 4.78 is 36.7. The maximum atomic E-state index is 13.1. The van der Waals surface area contributed by atoms with Gasteiger partial charge in [0.25, 0.3) is 5.91 Å². The van der Waals surface area contributed by atoms with Gasteiger partial charge in [0.1, 0.15) is 0 Å². The van der Waals surface area contributed by atoms with Gasteiger partial charge in [-0.05, 0) is 42.0 Å². The smallest absolute Gasteiger partial charge is 0.287 e. The van der Waals surface area contributed by atoms with Crippen LogP contribution in [0.2, 0.25) is 0 Å². The average Bonchev–Trinajstić information content (AvgIpc) is 3.49. The Morgan fingerprint density at radius 3 is 2.59 bits per heavy atom. The van der Waals surface area contributed by atoms with Gasteiger partial charge in [0.15, 0.2) is 11.3 Å². The van der Waals surface area contributed by atoms with Crippen molar-refractivity contribution in [3.8, 4) is 11.4 Å². The first kappa shape index (κ1) is 21.5. The van der Waals surface area contributed by atoms with Crippen molar-refractivity contribution in [2.24, 2.45) is 0 Å². The molecule has 9 nitrogen and oxygen atoms in total. The van der Waals surface area contributed by atoms with Crippen LogP contribution < -0.4 is 5.32 Å². The normalized spacial score (nSPS) is 11.6. The van der Waals surface area contributed by atoms with E-state index < -0.39 is 9.84 Å². The Morgan fingerprint density at radius 1 is 1.03 bits per heavy atom. The lowest BCUT2D eigenvalue weighted by molar-refractivity contribution is 0.0925. The lowest BCUT2D eigenvalue weighted by Gasteiger charge is -2.08. The Morgan fingerprint density at radius 2 is 1.85 bits per heavy atom. The number of rotatable bonds is 6. The summed E-state index contributed by atoms with van der Waals surface area (Å²) in [6.07, 6.45) is 3.17. The fourth-order valence-electron chi connectivity index (χ4n) is 3.41. The molecule has 34 heavy (non-hydrogen) atoms. The Hall–Kier alpha value is -4.31. The molecule has 5 rings (SSSR count). The van der Waals surface area contributed by atoms with Gasteiger partial charge >= 0.3 is 0 Å². The Kier molecular flexibility index (Phi) is 5.42. The number of aromatic nitrogens is 3. The van der Waals surface area contributed by atoms with Crippen molar-refractivity contribution in [3.05, 3.63) is 90.3 Å². The molecule has 10 heteroatoms. The number of carbonyl (C=O) groups excluding carboxylic acids is 1. The van der Waals surface area contributed by atoms with Crippen LogP contribution in [0.3, 0.4) is 0 Å². The molecule has 5 aromatic rings. The van der Waals surface area contributed by atoms with E-state index in [0.717, 1.165) is 10.9 Å². The van der Waals surface area contributed by atoms with E-state index in [0.29, 0.717) is 22.9 Å². The van der Waals surface area contributed by atoms with Crippen LogP contribution in [0.4, 0.5) is 0 Å². The third-order valence-electron chi connectivity index (χ3n) is 5.16. The molecule has 170 valence electrons. The maximum Gasteiger partial charge on any atom is 0.287 e. The molecule has 1 N–H and O–H groups in total. The van der Waals surface area contributed by atoms with Crippen LogP contribution in [0.5, 0.6) is 0 Å².